The maximum absolute atomic E-state index is 12.3. The van der Waals surface area contributed by atoms with E-state index in [-0.39, 0.29) is 17.5 Å². The number of amides is 2. The van der Waals surface area contributed by atoms with Crippen LogP contribution in [0, 0.1) is 6.92 Å². The van der Waals surface area contributed by atoms with Crippen LogP contribution in [-0.2, 0) is 0 Å². The third-order valence-electron chi connectivity index (χ3n) is 3.35. The molecule has 0 aliphatic carbocycles. The fourth-order valence-corrected chi connectivity index (χ4v) is 2.09. The number of rotatable bonds is 6. The van der Waals surface area contributed by atoms with Crippen molar-refractivity contribution in [3.63, 3.8) is 0 Å². The van der Waals surface area contributed by atoms with Crippen LogP contribution in [0.3, 0.4) is 0 Å². The average molecular weight is 311 g/mol. The van der Waals surface area contributed by atoms with Crippen molar-refractivity contribution in [3.8, 4) is 0 Å². The minimum absolute atomic E-state index is 0.189. The van der Waals surface area contributed by atoms with Crippen molar-refractivity contribution in [2.24, 2.45) is 0 Å². The van der Waals surface area contributed by atoms with Gasteiger partial charge in [-0.3, -0.25) is 14.6 Å². The lowest BCUT2D eigenvalue weighted by Crippen LogP contribution is -2.25. The van der Waals surface area contributed by atoms with E-state index in [4.69, 9.17) is 0 Å². The van der Waals surface area contributed by atoms with Crippen molar-refractivity contribution in [1.29, 1.82) is 0 Å². The number of aromatic nitrogens is 1. The van der Waals surface area contributed by atoms with Gasteiger partial charge in [-0.05, 0) is 43.2 Å². The van der Waals surface area contributed by atoms with E-state index in [1.54, 1.807) is 6.07 Å². The Hall–Kier alpha value is -2.69. The summed E-state index contributed by atoms with van der Waals surface area (Å²) in [7, 11) is 0. The molecule has 1 aromatic heterocycles. The third-order valence-corrected chi connectivity index (χ3v) is 3.35. The predicted octanol–water partition coefficient (Wildman–Crippen LogP) is 3.17. The number of carbonyl (C=O) groups is 2. The lowest BCUT2D eigenvalue weighted by atomic mass is 10.2. The minimum Gasteiger partial charge on any atom is -0.352 e. The molecular formula is C18H21N3O2. The first kappa shape index (κ1) is 16.7. The predicted molar refractivity (Wildman–Crippen MR) is 90.6 cm³/mol. The first-order chi connectivity index (χ1) is 11.1. The Morgan fingerprint density at radius 1 is 1.13 bits per heavy atom. The van der Waals surface area contributed by atoms with Crippen LogP contribution in [0.4, 0.5) is 5.69 Å². The van der Waals surface area contributed by atoms with Gasteiger partial charge in [0, 0.05) is 24.0 Å². The SMILES string of the molecule is CCCCNC(=O)c1ccnc(C(=O)Nc2cccc(C)c2)c1. The average Bonchev–Trinajstić information content (AvgIpc) is 2.55. The monoisotopic (exact) mass is 311 g/mol. The van der Waals surface area contributed by atoms with Gasteiger partial charge >= 0.3 is 0 Å². The van der Waals surface area contributed by atoms with Gasteiger partial charge in [0.2, 0.25) is 0 Å². The molecule has 0 atom stereocenters. The Kier molecular flexibility index (Phi) is 5.86. The number of anilines is 1. The number of nitrogens with one attached hydrogen (secondary N) is 2. The molecule has 0 bridgehead atoms. The smallest absolute Gasteiger partial charge is 0.274 e. The van der Waals surface area contributed by atoms with Crippen molar-refractivity contribution in [1.82, 2.24) is 10.3 Å². The molecule has 2 rings (SSSR count). The summed E-state index contributed by atoms with van der Waals surface area (Å²) in [6, 6.07) is 10.6. The highest BCUT2D eigenvalue weighted by Crippen LogP contribution is 2.11. The van der Waals surface area contributed by atoms with Crippen LogP contribution in [0.25, 0.3) is 0 Å². The van der Waals surface area contributed by atoms with E-state index < -0.39 is 0 Å². The molecule has 0 spiro atoms. The number of benzene rings is 1. The Morgan fingerprint density at radius 2 is 1.96 bits per heavy atom. The van der Waals surface area contributed by atoms with Crippen molar-refractivity contribution in [2.75, 3.05) is 11.9 Å². The molecule has 0 unspecified atom stereocenters. The molecule has 1 heterocycles. The Labute approximate surface area is 136 Å². The molecule has 0 saturated carbocycles. The van der Waals surface area contributed by atoms with Crippen LogP contribution >= 0.6 is 0 Å². The van der Waals surface area contributed by atoms with Crippen LogP contribution in [0.15, 0.2) is 42.6 Å². The molecule has 0 saturated heterocycles. The van der Waals surface area contributed by atoms with Gasteiger partial charge in [0.1, 0.15) is 5.69 Å². The lowest BCUT2D eigenvalue weighted by Gasteiger charge is -2.07. The number of carbonyl (C=O) groups excluding carboxylic acids is 2. The number of aryl methyl sites for hydroxylation is 1. The molecule has 0 aliphatic rings. The molecule has 1 aromatic carbocycles. The van der Waals surface area contributed by atoms with Crippen LogP contribution in [0.5, 0.6) is 0 Å². The summed E-state index contributed by atoms with van der Waals surface area (Å²) >= 11 is 0. The van der Waals surface area contributed by atoms with Gasteiger partial charge in [-0.2, -0.15) is 0 Å². The van der Waals surface area contributed by atoms with Gasteiger partial charge in [-0.15, -0.1) is 0 Å². The van der Waals surface area contributed by atoms with Crippen LogP contribution < -0.4 is 10.6 Å². The quantitative estimate of drug-likeness (QED) is 0.805. The Morgan fingerprint density at radius 3 is 2.70 bits per heavy atom. The summed E-state index contributed by atoms with van der Waals surface area (Å²) in [4.78, 5) is 28.3. The molecule has 5 heteroatoms. The van der Waals surface area contributed by atoms with E-state index >= 15 is 0 Å². The van der Waals surface area contributed by atoms with Gasteiger partial charge in [0.25, 0.3) is 11.8 Å². The zero-order chi connectivity index (χ0) is 16.7. The third kappa shape index (κ3) is 4.92. The Balaban J connectivity index is 2.06. The minimum atomic E-state index is -0.334. The fourth-order valence-electron chi connectivity index (χ4n) is 2.09. The molecule has 0 radical (unpaired) electrons. The topological polar surface area (TPSA) is 71.1 Å². The maximum Gasteiger partial charge on any atom is 0.274 e. The summed E-state index contributed by atoms with van der Waals surface area (Å²) in [6.45, 7) is 4.64. The number of hydrogen-bond donors (Lipinski definition) is 2. The van der Waals surface area contributed by atoms with Crippen molar-refractivity contribution < 1.29 is 9.59 Å². The summed E-state index contributed by atoms with van der Waals surface area (Å²) < 4.78 is 0. The van der Waals surface area contributed by atoms with Gasteiger partial charge in [0.05, 0.1) is 0 Å². The molecule has 5 nitrogen and oxygen atoms in total. The molecule has 120 valence electrons. The largest absolute Gasteiger partial charge is 0.352 e. The van der Waals surface area contributed by atoms with Crippen molar-refractivity contribution >= 4 is 17.5 Å². The van der Waals surface area contributed by atoms with Gasteiger partial charge in [0.15, 0.2) is 0 Å². The van der Waals surface area contributed by atoms with Gasteiger partial charge in [-0.1, -0.05) is 25.5 Å². The highest BCUT2D eigenvalue weighted by atomic mass is 16.2. The van der Waals surface area contributed by atoms with Crippen LogP contribution in [-0.4, -0.2) is 23.3 Å². The van der Waals surface area contributed by atoms with E-state index in [0.717, 1.165) is 18.4 Å². The highest BCUT2D eigenvalue weighted by molar-refractivity contribution is 6.04. The van der Waals surface area contributed by atoms with E-state index in [1.807, 2.05) is 31.2 Å². The second kappa shape index (κ2) is 8.08. The molecule has 0 fully saturated rings. The number of pyridine rings is 1. The van der Waals surface area contributed by atoms with Crippen LogP contribution in [0.2, 0.25) is 0 Å². The molecule has 2 aromatic rings. The van der Waals surface area contributed by atoms with E-state index in [1.165, 1.54) is 12.3 Å². The van der Waals surface area contributed by atoms with Gasteiger partial charge in [-0.25, -0.2) is 0 Å². The molecule has 2 amide bonds. The zero-order valence-electron chi connectivity index (χ0n) is 13.4. The summed E-state index contributed by atoms with van der Waals surface area (Å²) in [5, 5.41) is 5.61. The summed E-state index contributed by atoms with van der Waals surface area (Å²) in [6.07, 6.45) is 3.41. The molecule has 0 aliphatic heterocycles. The first-order valence-electron chi connectivity index (χ1n) is 7.72. The molecule has 23 heavy (non-hydrogen) atoms. The molecule has 2 N–H and O–H groups in total. The number of unbranched alkanes of at least 4 members (excludes halogenated alkanes) is 1. The first-order valence-corrected chi connectivity index (χ1v) is 7.72. The Bertz CT molecular complexity index is 698. The van der Waals surface area contributed by atoms with Crippen LogP contribution in [0.1, 0.15) is 46.2 Å². The second-order valence-corrected chi connectivity index (χ2v) is 5.36. The van der Waals surface area contributed by atoms with Gasteiger partial charge < -0.3 is 10.6 Å². The van der Waals surface area contributed by atoms with E-state index in [0.29, 0.717) is 17.8 Å². The summed E-state index contributed by atoms with van der Waals surface area (Å²) in [5.41, 5.74) is 2.41. The van der Waals surface area contributed by atoms with E-state index in [9.17, 15) is 9.59 Å². The summed E-state index contributed by atoms with van der Waals surface area (Å²) in [5.74, 6) is -0.524. The fraction of sp³-hybridized carbons (Fsp3) is 0.278. The van der Waals surface area contributed by atoms with E-state index in [2.05, 4.69) is 22.5 Å². The number of nitrogens with zero attached hydrogens (tertiary/aromatic N) is 1. The zero-order valence-corrected chi connectivity index (χ0v) is 13.4. The lowest BCUT2D eigenvalue weighted by molar-refractivity contribution is 0.0953. The highest BCUT2D eigenvalue weighted by Gasteiger charge is 2.12. The molecular weight excluding hydrogens is 290 g/mol. The number of hydrogen-bond acceptors (Lipinski definition) is 3. The van der Waals surface area contributed by atoms with Crippen molar-refractivity contribution in [3.05, 3.63) is 59.4 Å². The second-order valence-electron chi connectivity index (χ2n) is 5.36. The normalized spacial score (nSPS) is 10.2. The maximum atomic E-state index is 12.3. The standard InChI is InChI=1S/C18H21N3O2/c1-3-4-9-20-17(22)14-8-10-19-16(12-14)18(23)21-15-7-5-6-13(2)11-15/h5-8,10-12H,3-4,9H2,1-2H3,(H,20,22)(H,21,23). The van der Waals surface area contributed by atoms with Crippen molar-refractivity contribution in [2.45, 2.75) is 26.7 Å².